The molecule has 2 aliphatic heterocycles. The van der Waals surface area contributed by atoms with E-state index < -0.39 is 0 Å². The number of allylic oxidation sites excluding steroid dienone is 1. The van der Waals surface area contributed by atoms with E-state index in [1.54, 1.807) is 12.0 Å². The molecule has 2 saturated carbocycles. The minimum absolute atomic E-state index is 0.00320. The monoisotopic (exact) mass is 432 g/mol. The van der Waals surface area contributed by atoms with Crippen molar-refractivity contribution in [1.29, 1.82) is 0 Å². The number of nitrogens with one attached hydrogen (secondary N) is 1. The molecule has 0 amide bonds. The summed E-state index contributed by atoms with van der Waals surface area (Å²) in [5.74, 6) is 1.63. The molecule has 2 unspecified atom stereocenters. The molecule has 2 saturated heterocycles. The predicted molar refractivity (Wildman–Crippen MR) is 124 cm³/mol. The lowest BCUT2D eigenvalue weighted by Crippen LogP contribution is -3.14. The van der Waals surface area contributed by atoms with Crippen LogP contribution >= 0.6 is 0 Å². The number of likely N-dealkylation sites (tertiary alicyclic amines) is 1. The van der Waals surface area contributed by atoms with Crippen LogP contribution in [0.1, 0.15) is 84.5 Å². The fourth-order valence-corrected chi connectivity index (χ4v) is 8.13. The summed E-state index contributed by atoms with van der Waals surface area (Å²) in [5, 5.41) is 0. The van der Waals surface area contributed by atoms with Gasteiger partial charge in [-0.05, 0) is 94.3 Å². The van der Waals surface area contributed by atoms with E-state index in [9.17, 15) is 4.79 Å². The van der Waals surface area contributed by atoms with Crippen molar-refractivity contribution in [2.75, 3.05) is 33.4 Å². The molecule has 4 fully saturated rings. The summed E-state index contributed by atoms with van der Waals surface area (Å²) in [5.41, 5.74) is 1.27. The van der Waals surface area contributed by atoms with Gasteiger partial charge < -0.3 is 14.4 Å². The van der Waals surface area contributed by atoms with Crippen LogP contribution in [0.5, 0.6) is 0 Å². The molecule has 0 aromatic carbocycles. The molecule has 4 rings (SSSR count). The SMILES string of the molecule is C=C1CC[C@@H]2[C@](C)(CCC[C@]2(C)C(=O)OC)[C@H]1CCC1CCOC1C[NH+]1CCCCC1. The third kappa shape index (κ3) is 4.49. The quantitative estimate of drug-likeness (QED) is 0.505. The van der Waals surface area contributed by atoms with Crippen molar-refractivity contribution in [1.82, 2.24) is 0 Å². The maximum Gasteiger partial charge on any atom is 0.311 e. The average molecular weight is 433 g/mol. The zero-order valence-corrected chi connectivity index (χ0v) is 20.3. The number of quaternary nitrogens is 1. The maximum atomic E-state index is 12.8. The molecule has 2 aliphatic carbocycles. The van der Waals surface area contributed by atoms with Crippen LogP contribution in [-0.4, -0.2) is 45.4 Å². The summed E-state index contributed by atoms with van der Waals surface area (Å²) in [6, 6.07) is 0. The van der Waals surface area contributed by atoms with Crippen LogP contribution < -0.4 is 4.90 Å². The Balaban J connectivity index is 1.43. The molecule has 0 bridgehead atoms. The molecule has 31 heavy (non-hydrogen) atoms. The van der Waals surface area contributed by atoms with Crippen molar-refractivity contribution < 1.29 is 19.2 Å². The Hall–Kier alpha value is -0.870. The number of rotatable bonds is 6. The lowest BCUT2D eigenvalue weighted by molar-refractivity contribution is -0.908. The molecule has 0 aromatic rings. The van der Waals surface area contributed by atoms with Crippen LogP contribution in [0.25, 0.3) is 0 Å². The van der Waals surface area contributed by atoms with Crippen LogP contribution in [0.3, 0.4) is 0 Å². The second kappa shape index (κ2) is 9.55. The first kappa shape index (κ1) is 23.3. The Morgan fingerprint density at radius 1 is 1.13 bits per heavy atom. The fraction of sp³-hybridized carbons (Fsp3) is 0.889. The molecule has 0 spiro atoms. The second-order valence-corrected chi connectivity index (χ2v) is 11.6. The number of piperidine rings is 1. The van der Waals surface area contributed by atoms with E-state index in [0.717, 1.165) is 32.3 Å². The second-order valence-electron chi connectivity index (χ2n) is 11.6. The normalized spacial score (nSPS) is 41.7. The van der Waals surface area contributed by atoms with Gasteiger partial charge in [-0.1, -0.05) is 25.5 Å². The number of esters is 1. The lowest BCUT2D eigenvalue weighted by Gasteiger charge is -2.57. The summed E-state index contributed by atoms with van der Waals surface area (Å²) in [7, 11) is 1.56. The molecule has 6 atom stereocenters. The first-order chi connectivity index (χ1) is 14.9. The fourth-order valence-electron chi connectivity index (χ4n) is 8.13. The third-order valence-corrected chi connectivity index (χ3v) is 9.89. The van der Waals surface area contributed by atoms with Crippen LogP contribution in [0.4, 0.5) is 0 Å². The molecule has 4 aliphatic rings. The van der Waals surface area contributed by atoms with Crippen molar-refractivity contribution in [2.24, 2.45) is 28.6 Å². The lowest BCUT2D eigenvalue weighted by atomic mass is 9.46. The van der Waals surface area contributed by atoms with Crippen molar-refractivity contribution in [3.63, 3.8) is 0 Å². The van der Waals surface area contributed by atoms with Crippen molar-refractivity contribution in [3.05, 3.63) is 12.2 Å². The van der Waals surface area contributed by atoms with Gasteiger partial charge in [0, 0.05) is 6.61 Å². The van der Waals surface area contributed by atoms with E-state index in [4.69, 9.17) is 9.47 Å². The van der Waals surface area contributed by atoms with Crippen LogP contribution in [0.15, 0.2) is 12.2 Å². The summed E-state index contributed by atoms with van der Waals surface area (Å²) in [6.07, 6.45) is 13.8. The van der Waals surface area contributed by atoms with Gasteiger partial charge in [0.05, 0.1) is 25.6 Å². The van der Waals surface area contributed by atoms with Gasteiger partial charge in [0.1, 0.15) is 12.6 Å². The molecule has 1 N–H and O–H groups in total. The molecule has 2 heterocycles. The molecule has 0 radical (unpaired) electrons. The van der Waals surface area contributed by atoms with Crippen LogP contribution in [-0.2, 0) is 14.3 Å². The average Bonchev–Trinajstić information content (AvgIpc) is 3.20. The summed E-state index contributed by atoms with van der Waals surface area (Å²) in [6.45, 7) is 14.0. The summed E-state index contributed by atoms with van der Waals surface area (Å²) in [4.78, 5) is 14.6. The van der Waals surface area contributed by atoms with Gasteiger partial charge in [-0.15, -0.1) is 0 Å². The van der Waals surface area contributed by atoms with Crippen LogP contribution in [0.2, 0.25) is 0 Å². The number of hydrogen-bond donors (Lipinski definition) is 1. The molecular weight excluding hydrogens is 386 g/mol. The van der Waals surface area contributed by atoms with Crippen LogP contribution in [0, 0.1) is 28.6 Å². The first-order valence-corrected chi connectivity index (χ1v) is 13.1. The maximum absolute atomic E-state index is 12.8. The van der Waals surface area contributed by atoms with E-state index in [1.165, 1.54) is 70.2 Å². The first-order valence-electron chi connectivity index (χ1n) is 13.1. The van der Waals surface area contributed by atoms with Gasteiger partial charge in [0.15, 0.2) is 0 Å². The van der Waals surface area contributed by atoms with Crippen molar-refractivity contribution >= 4 is 5.97 Å². The summed E-state index contributed by atoms with van der Waals surface area (Å²) >= 11 is 0. The smallest absolute Gasteiger partial charge is 0.311 e. The Labute approximate surface area is 190 Å². The minimum Gasteiger partial charge on any atom is -0.469 e. The number of fused-ring (bicyclic) bond motifs is 1. The highest BCUT2D eigenvalue weighted by Gasteiger charge is 2.57. The number of methoxy groups -OCH3 is 1. The minimum atomic E-state index is -0.336. The standard InChI is InChI=1S/C27H45NO3/c1-20-9-12-24-26(2,14-8-15-27(24,3)25(29)30-4)22(20)11-10-21-13-18-31-23(21)19-28-16-6-5-7-17-28/h21-24H,1,5-19H2,2-4H3/p+1/t21?,22-,23?,24+,26+,27-/m0/s1. The largest absolute Gasteiger partial charge is 0.469 e. The highest BCUT2D eigenvalue weighted by atomic mass is 16.5. The predicted octanol–water partition coefficient (Wildman–Crippen LogP) is 4.19. The zero-order valence-electron chi connectivity index (χ0n) is 20.3. The number of carbonyl (C=O) groups excluding carboxylic acids is 1. The Bertz CT molecular complexity index is 657. The molecule has 4 heteroatoms. The van der Waals surface area contributed by atoms with Gasteiger partial charge in [-0.25, -0.2) is 0 Å². The van der Waals surface area contributed by atoms with E-state index in [1.807, 2.05) is 0 Å². The molecule has 4 nitrogen and oxygen atoms in total. The van der Waals surface area contributed by atoms with E-state index in [-0.39, 0.29) is 16.8 Å². The zero-order chi connectivity index (χ0) is 22.1. The number of ether oxygens (including phenoxy) is 2. The molecular formula is C27H46NO3+. The van der Waals surface area contributed by atoms with Gasteiger partial charge in [0.2, 0.25) is 0 Å². The Morgan fingerprint density at radius 2 is 1.90 bits per heavy atom. The van der Waals surface area contributed by atoms with E-state index >= 15 is 0 Å². The Morgan fingerprint density at radius 3 is 2.65 bits per heavy atom. The Kier molecular flexibility index (Phi) is 7.18. The topological polar surface area (TPSA) is 40.0 Å². The third-order valence-electron chi connectivity index (χ3n) is 9.89. The molecule has 0 aromatic heterocycles. The van der Waals surface area contributed by atoms with Crippen molar-refractivity contribution in [3.8, 4) is 0 Å². The highest BCUT2D eigenvalue weighted by molar-refractivity contribution is 5.77. The van der Waals surface area contributed by atoms with E-state index in [0.29, 0.717) is 23.9 Å². The number of hydrogen-bond acceptors (Lipinski definition) is 3. The number of carbonyl (C=O) groups is 1. The van der Waals surface area contributed by atoms with Gasteiger partial charge >= 0.3 is 5.97 Å². The summed E-state index contributed by atoms with van der Waals surface area (Å²) < 4.78 is 11.5. The highest BCUT2D eigenvalue weighted by Crippen LogP contribution is 2.62. The van der Waals surface area contributed by atoms with Gasteiger partial charge in [0.25, 0.3) is 0 Å². The van der Waals surface area contributed by atoms with Gasteiger partial charge in [-0.2, -0.15) is 0 Å². The molecule has 176 valence electrons. The van der Waals surface area contributed by atoms with Gasteiger partial charge in [-0.3, -0.25) is 4.79 Å². The van der Waals surface area contributed by atoms with Crippen molar-refractivity contribution in [2.45, 2.75) is 90.6 Å². The van der Waals surface area contributed by atoms with E-state index in [2.05, 4.69) is 20.4 Å².